The Kier molecular flexibility index (Phi) is 4.18. The molecule has 16 heavy (non-hydrogen) atoms. The first-order valence-electron chi connectivity index (χ1n) is 6.43. The number of nitrogens with one attached hydrogen (secondary N) is 2. The van der Waals surface area contributed by atoms with E-state index >= 15 is 0 Å². The molecule has 3 unspecified atom stereocenters. The average molecular weight is 226 g/mol. The molecule has 0 aromatic heterocycles. The van der Waals surface area contributed by atoms with Gasteiger partial charge < -0.3 is 15.7 Å². The summed E-state index contributed by atoms with van der Waals surface area (Å²) in [4.78, 5) is 11.0. The van der Waals surface area contributed by atoms with E-state index in [0.717, 1.165) is 25.8 Å². The molecule has 2 rings (SSSR count). The molecule has 0 aromatic rings. The van der Waals surface area contributed by atoms with E-state index in [1.165, 1.54) is 12.8 Å². The van der Waals surface area contributed by atoms with Gasteiger partial charge in [-0.3, -0.25) is 4.79 Å². The van der Waals surface area contributed by atoms with Gasteiger partial charge in [-0.05, 0) is 25.2 Å². The minimum Gasteiger partial charge on any atom is -0.396 e. The van der Waals surface area contributed by atoms with E-state index in [4.69, 9.17) is 0 Å². The van der Waals surface area contributed by atoms with Crippen LogP contribution in [0.1, 0.15) is 38.5 Å². The molecule has 3 N–H and O–H groups in total. The van der Waals surface area contributed by atoms with Crippen LogP contribution in [0.4, 0.5) is 0 Å². The lowest BCUT2D eigenvalue weighted by atomic mass is 9.85. The van der Waals surface area contributed by atoms with Crippen LogP contribution in [-0.2, 0) is 4.79 Å². The fourth-order valence-electron chi connectivity index (χ4n) is 2.82. The van der Waals surface area contributed by atoms with Crippen LogP contribution >= 0.6 is 0 Å². The fourth-order valence-corrected chi connectivity index (χ4v) is 2.82. The Balaban J connectivity index is 1.73. The molecule has 1 saturated heterocycles. The third kappa shape index (κ3) is 2.95. The Morgan fingerprint density at radius 3 is 2.81 bits per heavy atom. The SMILES string of the molecule is O=C1CCC(CNC2CCCCC2CO)N1. The first-order valence-corrected chi connectivity index (χ1v) is 6.43. The zero-order valence-electron chi connectivity index (χ0n) is 9.74. The predicted molar refractivity (Wildman–Crippen MR) is 62.0 cm³/mol. The van der Waals surface area contributed by atoms with Crippen molar-refractivity contribution >= 4 is 5.91 Å². The van der Waals surface area contributed by atoms with E-state index in [1.54, 1.807) is 0 Å². The molecular weight excluding hydrogens is 204 g/mol. The van der Waals surface area contributed by atoms with Crippen molar-refractivity contribution in [3.8, 4) is 0 Å². The maximum absolute atomic E-state index is 11.0. The number of aliphatic hydroxyl groups is 1. The molecule has 1 heterocycles. The molecule has 1 amide bonds. The van der Waals surface area contributed by atoms with Gasteiger partial charge >= 0.3 is 0 Å². The first-order chi connectivity index (χ1) is 7.79. The molecule has 4 nitrogen and oxygen atoms in total. The second-order valence-corrected chi connectivity index (χ2v) is 5.04. The van der Waals surface area contributed by atoms with Crippen molar-refractivity contribution in [3.63, 3.8) is 0 Å². The van der Waals surface area contributed by atoms with E-state index in [0.29, 0.717) is 24.4 Å². The topological polar surface area (TPSA) is 61.4 Å². The number of hydrogen-bond donors (Lipinski definition) is 3. The van der Waals surface area contributed by atoms with Crippen molar-refractivity contribution in [2.45, 2.75) is 50.6 Å². The Morgan fingerprint density at radius 2 is 2.12 bits per heavy atom. The van der Waals surface area contributed by atoms with Gasteiger partial charge in [-0.15, -0.1) is 0 Å². The van der Waals surface area contributed by atoms with Crippen LogP contribution in [0.3, 0.4) is 0 Å². The highest BCUT2D eigenvalue weighted by atomic mass is 16.3. The summed E-state index contributed by atoms with van der Waals surface area (Å²) in [6, 6.07) is 0.741. The molecule has 0 spiro atoms. The van der Waals surface area contributed by atoms with Crippen LogP contribution in [0.15, 0.2) is 0 Å². The second-order valence-electron chi connectivity index (χ2n) is 5.04. The van der Waals surface area contributed by atoms with Gasteiger partial charge in [0.15, 0.2) is 0 Å². The lowest BCUT2D eigenvalue weighted by Gasteiger charge is -2.31. The number of aliphatic hydroxyl groups excluding tert-OH is 1. The number of rotatable bonds is 4. The van der Waals surface area contributed by atoms with Gasteiger partial charge in [-0.2, -0.15) is 0 Å². The largest absolute Gasteiger partial charge is 0.396 e. The molecule has 0 bridgehead atoms. The normalized spacial score (nSPS) is 35.1. The molecule has 2 fully saturated rings. The van der Waals surface area contributed by atoms with Crippen LogP contribution in [0.2, 0.25) is 0 Å². The van der Waals surface area contributed by atoms with Crippen LogP contribution in [0.25, 0.3) is 0 Å². The number of hydrogen-bond acceptors (Lipinski definition) is 3. The summed E-state index contributed by atoms with van der Waals surface area (Å²) in [6.45, 7) is 1.14. The lowest BCUT2D eigenvalue weighted by molar-refractivity contribution is -0.119. The van der Waals surface area contributed by atoms with E-state index < -0.39 is 0 Å². The summed E-state index contributed by atoms with van der Waals surface area (Å²) in [5, 5.41) is 15.8. The van der Waals surface area contributed by atoms with E-state index in [-0.39, 0.29) is 12.5 Å². The highest BCUT2D eigenvalue weighted by Crippen LogP contribution is 2.24. The third-order valence-electron chi connectivity index (χ3n) is 3.86. The fraction of sp³-hybridized carbons (Fsp3) is 0.917. The van der Waals surface area contributed by atoms with Gasteiger partial charge in [0.2, 0.25) is 5.91 Å². The van der Waals surface area contributed by atoms with Crippen molar-refractivity contribution < 1.29 is 9.90 Å². The first kappa shape index (κ1) is 11.9. The van der Waals surface area contributed by atoms with Crippen molar-refractivity contribution in [1.29, 1.82) is 0 Å². The summed E-state index contributed by atoms with van der Waals surface area (Å²) < 4.78 is 0. The molecule has 92 valence electrons. The average Bonchev–Trinajstić information content (AvgIpc) is 2.73. The van der Waals surface area contributed by atoms with E-state index in [9.17, 15) is 9.90 Å². The summed E-state index contributed by atoms with van der Waals surface area (Å²) in [6.07, 6.45) is 6.40. The van der Waals surface area contributed by atoms with Gasteiger partial charge in [-0.25, -0.2) is 0 Å². The Morgan fingerprint density at radius 1 is 1.31 bits per heavy atom. The van der Waals surface area contributed by atoms with E-state index in [2.05, 4.69) is 10.6 Å². The highest BCUT2D eigenvalue weighted by molar-refractivity contribution is 5.78. The molecule has 1 aliphatic carbocycles. The minimum atomic E-state index is 0.175. The van der Waals surface area contributed by atoms with Crippen LogP contribution in [0, 0.1) is 5.92 Å². The van der Waals surface area contributed by atoms with Crippen LogP contribution in [0.5, 0.6) is 0 Å². The monoisotopic (exact) mass is 226 g/mol. The standard InChI is InChI=1S/C12H22N2O2/c15-8-9-3-1-2-4-11(9)13-7-10-5-6-12(16)14-10/h9-11,13,15H,1-8H2,(H,14,16). The maximum Gasteiger partial charge on any atom is 0.220 e. The molecule has 1 saturated carbocycles. The van der Waals surface area contributed by atoms with Gasteiger partial charge in [0.1, 0.15) is 0 Å². The molecule has 1 aliphatic heterocycles. The lowest BCUT2D eigenvalue weighted by Crippen LogP contribution is -2.45. The summed E-state index contributed by atoms with van der Waals surface area (Å²) in [5.74, 6) is 0.583. The Hall–Kier alpha value is -0.610. The number of carbonyl (C=O) groups is 1. The minimum absolute atomic E-state index is 0.175. The van der Waals surface area contributed by atoms with Crippen molar-refractivity contribution in [3.05, 3.63) is 0 Å². The third-order valence-corrected chi connectivity index (χ3v) is 3.86. The molecular formula is C12H22N2O2. The Labute approximate surface area is 96.8 Å². The quantitative estimate of drug-likeness (QED) is 0.650. The summed E-state index contributed by atoms with van der Waals surface area (Å²) in [5.41, 5.74) is 0. The number of amides is 1. The molecule has 2 aliphatic rings. The zero-order valence-corrected chi connectivity index (χ0v) is 9.74. The van der Waals surface area contributed by atoms with Gasteiger partial charge in [0.25, 0.3) is 0 Å². The summed E-state index contributed by atoms with van der Waals surface area (Å²) >= 11 is 0. The number of carbonyl (C=O) groups excluding carboxylic acids is 1. The van der Waals surface area contributed by atoms with Gasteiger partial charge in [-0.1, -0.05) is 12.8 Å². The van der Waals surface area contributed by atoms with Crippen molar-refractivity contribution in [1.82, 2.24) is 10.6 Å². The van der Waals surface area contributed by atoms with Crippen LogP contribution in [-0.4, -0.2) is 36.2 Å². The maximum atomic E-state index is 11.0. The highest BCUT2D eigenvalue weighted by Gasteiger charge is 2.26. The molecule has 4 heteroatoms. The second kappa shape index (κ2) is 5.64. The van der Waals surface area contributed by atoms with Crippen LogP contribution < -0.4 is 10.6 Å². The van der Waals surface area contributed by atoms with Gasteiger partial charge in [0.05, 0.1) is 0 Å². The predicted octanol–water partition coefficient (Wildman–Crippen LogP) is 0.406. The smallest absolute Gasteiger partial charge is 0.220 e. The van der Waals surface area contributed by atoms with Crippen molar-refractivity contribution in [2.24, 2.45) is 5.92 Å². The molecule has 0 aromatic carbocycles. The van der Waals surface area contributed by atoms with Crippen molar-refractivity contribution in [2.75, 3.05) is 13.2 Å². The molecule has 3 atom stereocenters. The summed E-state index contributed by atoms with van der Waals surface area (Å²) in [7, 11) is 0. The Bertz CT molecular complexity index is 245. The van der Waals surface area contributed by atoms with E-state index in [1.807, 2.05) is 0 Å². The van der Waals surface area contributed by atoms with Gasteiger partial charge in [0, 0.05) is 31.7 Å². The zero-order chi connectivity index (χ0) is 11.4. The molecule has 0 radical (unpaired) electrons.